The Balaban J connectivity index is 2.19. The largest absolute Gasteiger partial charge is 0.481 e. The van der Waals surface area contributed by atoms with Gasteiger partial charge in [-0.3, -0.25) is 14.2 Å². The lowest BCUT2D eigenvalue weighted by atomic mass is 9.97. The first-order valence-electron chi connectivity index (χ1n) is 7.37. The molecule has 0 spiro atoms. The molecule has 0 atom stereocenters. The zero-order valence-corrected chi connectivity index (χ0v) is 12.8. The van der Waals surface area contributed by atoms with Crippen molar-refractivity contribution in [3.63, 3.8) is 0 Å². The van der Waals surface area contributed by atoms with Gasteiger partial charge in [-0.15, -0.1) is 11.3 Å². The molecule has 2 heterocycles. The third-order valence-electron chi connectivity index (χ3n) is 4.02. The number of carboxylic acid groups (broad SMARTS) is 1. The summed E-state index contributed by atoms with van der Waals surface area (Å²) in [6.07, 6.45) is 4.85. The summed E-state index contributed by atoms with van der Waals surface area (Å²) in [5.74, 6) is -0.205. The van der Waals surface area contributed by atoms with Crippen LogP contribution in [-0.4, -0.2) is 20.6 Å². The second-order valence-electron chi connectivity index (χ2n) is 5.37. The van der Waals surface area contributed by atoms with Crippen LogP contribution < -0.4 is 5.56 Å². The van der Waals surface area contributed by atoms with Crippen LogP contribution in [0.1, 0.15) is 42.5 Å². The molecule has 0 aliphatic heterocycles. The molecule has 1 aliphatic carbocycles. The van der Waals surface area contributed by atoms with E-state index in [1.165, 1.54) is 11.3 Å². The van der Waals surface area contributed by atoms with E-state index in [0.29, 0.717) is 12.2 Å². The van der Waals surface area contributed by atoms with Gasteiger partial charge >= 0.3 is 5.97 Å². The molecule has 21 heavy (non-hydrogen) atoms. The van der Waals surface area contributed by atoms with Gasteiger partial charge < -0.3 is 5.11 Å². The van der Waals surface area contributed by atoms with Crippen molar-refractivity contribution in [2.45, 2.75) is 52.0 Å². The molecule has 0 radical (unpaired) electrons. The summed E-state index contributed by atoms with van der Waals surface area (Å²) in [6.45, 7) is 2.14. The monoisotopic (exact) mass is 306 g/mol. The molecule has 1 aliphatic rings. The SMILES string of the molecule is CCc1nc2sc3c(c2c(=O)n1CCC(=O)O)CCCC3. The molecule has 0 amide bonds. The van der Waals surface area contributed by atoms with Gasteiger partial charge in [-0.25, -0.2) is 4.98 Å². The molecule has 3 rings (SSSR count). The standard InChI is InChI=1S/C15H18N2O3S/c1-2-11-16-14-13(9-5-3-4-6-10(9)21-14)15(20)17(11)8-7-12(18)19/h2-8H2,1H3,(H,18,19). The number of hydrogen-bond donors (Lipinski definition) is 1. The minimum Gasteiger partial charge on any atom is -0.481 e. The van der Waals surface area contributed by atoms with E-state index in [0.717, 1.165) is 35.0 Å². The van der Waals surface area contributed by atoms with Gasteiger partial charge in [-0.05, 0) is 31.2 Å². The van der Waals surface area contributed by atoms with Crippen LogP contribution in [0.4, 0.5) is 0 Å². The maximum Gasteiger partial charge on any atom is 0.305 e. The number of aromatic nitrogens is 2. The van der Waals surface area contributed by atoms with Crippen molar-refractivity contribution >= 4 is 27.5 Å². The Morgan fingerprint density at radius 2 is 2.14 bits per heavy atom. The highest BCUT2D eigenvalue weighted by molar-refractivity contribution is 7.18. The third kappa shape index (κ3) is 2.48. The molecule has 2 aromatic rings. The fourth-order valence-electron chi connectivity index (χ4n) is 2.99. The molecule has 2 aromatic heterocycles. The number of carbonyl (C=O) groups is 1. The second-order valence-corrected chi connectivity index (χ2v) is 6.46. The van der Waals surface area contributed by atoms with Crippen LogP contribution in [-0.2, 0) is 30.6 Å². The Morgan fingerprint density at radius 3 is 2.86 bits per heavy atom. The highest BCUT2D eigenvalue weighted by Gasteiger charge is 2.21. The Labute approximate surface area is 126 Å². The van der Waals surface area contributed by atoms with Gasteiger partial charge in [0.05, 0.1) is 11.8 Å². The molecule has 0 saturated carbocycles. The molecule has 5 nitrogen and oxygen atoms in total. The van der Waals surface area contributed by atoms with Gasteiger partial charge in [-0.2, -0.15) is 0 Å². The summed E-state index contributed by atoms with van der Waals surface area (Å²) in [5, 5.41) is 9.59. The number of fused-ring (bicyclic) bond motifs is 3. The Bertz CT molecular complexity index is 760. The van der Waals surface area contributed by atoms with Gasteiger partial charge in [0.1, 0.15) is 10.7 Å². The lowest BCUT2D eigenvalue weighted by molar-refractivity contribution is -0.137. The lowest BCUT2D eigenvalue weighted by Crippen LogP contribution is -2.26. The van der Waals surface area contributed by atoms with Crippen LogP contribution in [0.2, 0.25) is 0 Å². The molecule has 0 unspecified atom stereocenters. The van der Waals surface area contributed by atoms with E-state index in [-0.39, 0.29) is 18.5 Å². The van der Waals surface area contributed by atoms with E-state index < -0.39 is 5.97 Å². The normalized spacial score (nSPS) is 14.3. The van der Waals surface area contributed by atoms with Crippen molar-refractivity contribution < 1.29 is 9.90 Å². The van der Waals surface area contributed by atoms with E-state index in [4.69, 9.17) is 5.11 Å². The average Bonchev–Trinajstić information content (AvgIpc) is 2.84. The summed E-state index contributed by atoms with van der Waals surface area (Å²) in [5.41, 5.74) is 1.10. The number of hydrogen-bond acceptors (Lipinski definition) is 4. The maximum atomic E-state index is 12.8. The Hall–Kier alpha value is -1.69. The fraction of sp³-hybridized carbons (Fsp3) is 0.533. The quantitative estimate of drug-likeness (QED) is 0.941. The summed E-state index contributed by atoms with van der Waals surface area (Å²) in [6, 6.07) is 0. The van der Waals surface area contributed by atoms with Gasteiger partial charge in [0.25, 0.3) is 5.56 Å². The zero-order chi connectivity index (χ0) is 15.0. The van der Waals surface area contributed by atoms with Crippen LogP contribution in [0.5, 0.6) is 0 Å². The first-order valence-corrected chi connectivity index (χ1v) is 8.19. The van der Waals surface area contributed by atoms with E-state index in [1.54, 1.807) is 15.9 Å². The molecule has 0 fully saturated rings. The van der Waals surface area contributed by atoms with Gasteiger partial charge in [-0.1, -0.05) is 6.92 Å². The molecule has 0 aromatic carbocycles. The van der Waals surface area contributed by atoms with Gasteiger partial charge in [0, 0.05) is 17.8 Å². The Kier molecular flexibility index (Phi) is 3.80. The smallest absolute Gasteiger partial charge is 0.305 e. The number of nitrogens with zero attached hydrogens (tertiary/aromatic N) is 2. The number of thiophene rings is 1. The maximum absolute atomic E-state index is 12.8. The summed E-state index contributed by atoms with van der Waals surface area (Å²) < 4.78 is 1.55. The molecular formula is C15H18N2O3S. The van der Waals surface area contributed by atoms with Gasteiger partial charge in [0.2, 0.25) is 0 Å². The van der Waals surface area contributed by atoms with Crippen molar-refractivity contribution in [2.24, 2.45) is 0 Å². The van der Waals surface area contributed by atoms with Crippen LogP contribution in [0.15, 0.2) is 4.79 Å². The van der Waals surface area contributed by atoms with Crippen molar-refractivity contribution in [3.05, 3.63) is 26.6 Å². The zero-order valence-electron chi connectivity index (χ0n) is 12.0. The van der Waals surface area contributed by atoms with E-state index in [1.807, 2.05) is 6.92 Å². The first-order chi connectivity index (χ1) is 10.1. The summed E-state index contributed by atoms with van der Waals surface area (Å²) in [7, 11) is 0. The minimum atomic E-state index is -0.892. The van der Waals surface area contributed by atoms with Crippen LogP contribution >= 0.6 is 11.3 Å². The molecule has 1 N–H and O–H groups in total. The first kappa shape index (κ1) is 14.3. The average molecular weight is 306 g/mol. The molecule has 0 bridgehead atoms. The highest BCUT2D eigenvalue weighted by Crippen LogP contribution is 2.33. The predicted molar refractivity (Wildman–Crippen MR) is 82.2 cm³/mol. The van der Waals surface area contributed by atoms with Gasteiger partial charge in [0.15, 0.2) is 0 Å². The molecule has 0 saturated heterocycles. The summed E-state index contributed by atoms with van der Waals surface area (Å²) in [4.78, 5) is 30.3. The minimum absolute atomic E-state index is 0.0492. The topological polar surface area (TPSA) is 72.2 Å². The van der Waals surface area contributed by atoms with E-state index >= 15 is 0 Å². The third-order valence-corrected chi connectivity index (χ3v) is 5.21. The van der Waals surface area contributed by atoms with E-state index in [9.17, 15) is 9.59 Å². The number of carboxylic acids is 1. The number of aryl methyl sites for hydroxylation is 3. The fourth-order valence-corrected chi connectivity index (χ4v) is 4.26. The summed E-state index contributed by atoms with van der Waals surface area (Å²) >= 11 is 1.64. The Morgan fingerprint density at radius 1 is 1.38 bits per heavy atom. The highest BCUT2D eigenvalue weighted by atomic mass is 32.1. The van der Waals surface area contributed by atoms with Crippen molar-refractivity contribution in [3.8, 4) is 0 Å². The van der Waals surface area contributed by atoms with Crippen LogP contribution in [0, 0.1) is 0 Å². The lowest BCUT2D eigenvalue weighted by Gasteiger charge is -2.12. The number of aliphatic carboxylic acids is 1. The van der Waals surface area contributed by atoms with E-state index in [2.05, 4.69) is 4.98 Å². The molecule has 112 valence electrons. The predicted octanol–water partition coefficient (Wildman–Crippen LogP) is 2.37. The molecule has 6 heteroatoms. The van der Waals surface area contributed by atoms with Crippen molar-refractivity contribution in [1.82, 2.24) is 9.55 Å². The number of rotatable bonds is 4. The van der Waals surface area contributed by atoms with Crippen molar-refractivity contribution in [2.75, 3.05) is 0 Å². The van der Waals surface area contributed by atoms with Crippen molar-refractivity contribution in [1.29, 1.82) is 0 Å². The van der Waals surface area contributed by atoms with Crippen LogP contribution in [0.25, 0.3) is 10.2 Å². The second kappa shape index (κ2) is 5.60. The van der Waals surface area contributed by atoms with Crippen LogP contribution in [0.3, 0.4) is 0 Å². The molecular weight excluding hydrogens is 288 g/mol.